The highest BCUT2D eigenvalue weighted by Gasteiger charge is 2.52. The van der Waals surface area contributed by atoms with Crippen molar-refractivity contribution in [1.82, 2.24) is 4.90 Å². The number of imide groups is 1. The topological polar surface area (TPSA) is 66.8 Å². The summed E-state index contributed by atoms with van der Waals surface area (Å²) in [4.78, 5) is 25.9. The standard InChI is InChI=1S/C17H20BrNO4/c18-12-4-3-5-14(8-12)23-11-13(20)10-19-15(21)9-17(16(19)22)6-1-2-7-17/h3-5,8,13,20H,1-2,6-7,9-11H2/t13-/m0/s1. The number of aliphatic hydroxyl groups excluding tert-OH is 1. The number of nitrogens with zero attached hydrogens (tertiary/aromatic N) is 1. The Labute approximate surface area is 143 Å². The van der Waals surface area contributed by atoms with Crippen LogP contribution >= 0.6 is 15.9 Å². The van der Waals surface area contributed by atoms with Crippen molar-refractivity contribution in [1.29, 1.82) is 0 Å². The van der Waals surface area contributed by atoms with Gasteiger partial charge < -0.3 is 9.84 Å². The molecule has 0 unspecified atom stereocenters. The van der Waals surface area contributed by atoms with Gasteiger partial charge in [-0.15, -0.1) is 0 Å². The van der Waals surface area contributed by atoms with E-state index in [9.17, 15) is 14.7 Å². The van der Waals surface area contributed by atoms with Gasteiger partial charge in [-0.2, -0.15) is 0 Å². The number of rotatable bonds is 5. The molecule has 1 aromatic rings. The molecule has 1 saturated heterocycles. The van der Waals surface area contributed by atoms with E-state index in [4.69, 9.17) is 4.74 Å². The van der Waals surface area contributed by atoms with Crippen molar-refractivity contribution < 1.29 is 19.4 Å². The zero-order valence-corrected chi connectivity index (χ0v) is 14.4. The molecule has 1 aliphatic carbocycles. The van der Waals surface area contributed by atoms with E-state index in [-0.39, 0.29) is 25.0 Å². The Bertz CT molecular complexity index is 612. The second-order valence-electron chi connectivity index (χ2n) is 6.40. The lowest BCUT2D eigenvalue weighted by molar-refractivity contribution is -0.143. The number of amides is 2. The lowest BCUT2D eigenvalue weighted by Crippen LogP contribution is -2.41. The second kappa shape index (κ2) is 6.61. The molecule has 0 bridgehead atoms. The van der Waals surface area contributed by atoms with Crippen LogP contribution in [0.2, 0.25) is 0 Å². The zero-order valence-electron chi connectivity index (χ0n) is 12.8. The van der Waals surface area contributed by atoms with Gasteiger partial charge in [-0.1, -0.05) is 34.8 Å². The Morgan fingerprint density at radius 2 is 2.04 bits per heavy atom. The summed E-state index contributed by atoms with van der Waals surface area (Å²) in [6, 6.07) is 7.30. The Morgan fingerprint density at radius 1 is 1.30 bits per heavy atom. The van der Waals surface area contributed by atoms with Crippen LogP contribution in [0.5, 0.6) is 5.75 Å². The molecule has 1 aliphatic heterocycles. The smallest absolute Gasteiger partial charge is 0.235 e. The fraction of sp³-hybridized carbons (Fsp3) is 0.529. The van der Waals surface area contributed by atoms with Crippen molar-refractivity contribution in [3.63, 3.8) is 0 Å². The molecule has 1 spiro atoms. The predicted molar refractivity (Wildman–Crippen MR) is 87.9 cm³/mol. The molecule has 0 radical (unpaired) electrons. The third-order valence-corrected chi connectivity index (χ3v) is 5.18. The minimum atomic E-state index is -0.890. The van der Waals surface area contributed by atoms with Gasteiger partial charge in [0.05, 0.1) is 12.0 Å². The maximum atomic E-state index is 12.5. The molecule has 6 heteroatoms. The fourth-order valence-electron chi connectivity index (χ4n) is 3.50. The molecule has 3 rings (SSSR count). The van der Waals surface area contributed by atoms with Crippen LogP contribution in [-0.4, -0.2) is 41.1 Å². The number of aliphatic hydroxyl groups is 1. The average Bonchev–Trinajstić information content (AvgIpc) is 3.07. The van der Waals surface area contributed by atoms with E-state index in [2.05, 4.69) is 15.9 Å². The lowest BCUT2D eigenvalue weighted by Gasteiger charge is -2.23. The highest BCUT2D eigenvalue weighted by molar-refractivity contribution is 9.10. The van der Waals surface area contributed by atoms with E-state index in [0.717, 1.165) is 30.2 Å². The van der Waals surface area contributed by atoms with Crippen molar-refractivity contribution in [2.45, 2.75) is 38.2 Å². The van der Waals surface area contributed by atoms with E-state index < -0.39 is 11.5 Å². The van der Waals surface area contributed by atoms with E-state index >= 15 is 0 Å². The number of likely N-dealkylation sites (tertiary alicyclic amines) is 1. The van der Waals surface area contributed by atoms with Crippen LogP contribution in [0.15, 0.2) is 28.7 Å². The summed E-state index contributed by atoms with van der Waals surface area (Å²) in [6.07, 6.45) is 2.99. The zero-order chi connectivity index (χ0) is 16.4. The van der Waals surface area contributed by atoms with Crippen molar-refractivity contribution >= 4 is 27.7 Å². The van der Waals surface area contributed by atoms with Gasteiger partial charge in [0.25, 0.3) is 0 Å². The van der Waals surface area contributed by atoms with E-state index in [1.807, 2.05) is 12.1 Å². The Kier molecular flexibility index (Phi) is 4.73. The molecule has 5 nitrogen and oxygen atoms in total. The first-order chi connectivity index (χ1) is 11.0. The largest absolute Gasteiger partial charge is 0.491 e. The van der Waals surface area contributed by atoms with Crippen LogP contribution in [0.1, 0.15) is 32.1 Å². The minimum Gasteiger partial charge on any atom is -0.491 e. The first-order valence-electron chi connectivity index (χ1n) is 7.91. The number of carbonyl (C=O) groups excluding carboxylic acids is 2. The molecule has 1 atom stereocenters. The number of halogens is 1. The number of benzene rings is 1. The predicted octanol–water partition coefficient (Wildman–Crippen LogP) is 2.51. The number of hydrogen-bond donors (Lipinski definition) is 1. The van der Waals surface area contributed by atoms with Gasteiger partial charge in [0.2, 0.25) is 11.8 Å². The molecule has 1 aromatic carbocycles. The molecule has 0 aromatic heterocycles. The average molecular weight is 382 g/mol. The quantitative estimate of drug-likeness (QED) is 0.795. The van der Waals surface area contributed by atoms with Crippen molar-refractivity contribution in [3.05, 3.63) is 28.7 Å². The molecule has 2 fully saturated rings. The van der Waals surface area contributed by atoms with Crippen LogP contribution in [0, 0.1) is 5.41 Å². The first-order valence-corrected chi connectivity index (χ1v) is 8.71. The van der Waals surface area contributed by atoms with Crippen molar-refractivity contribution in [3.8, 4) is 5.75 Å². The minimum absolute atomic E-state index is 0.00736. The van der Waals surface area contributed by atoms with Gasteiger partial charge >= 0.3 is 0 Å². The highest BCUT2D eigenvalue weighted by atomic mass is 79.9. The van der Waals surface area contributed by atoms with E-state index in [1.165, 1.54) is 4.90 Å². The lowest BCUT2D eigenvalue weighted by atomic mass is 9.84. The molecule has 2 amide bonds. The normalized spacial score (nSPS) is 21.2. The molecule has 23 heavy (non-hydrogen) atoms. The molecule has 1 N–H and O–H groups in total. The van der Waals surface area contributed by atoms with Gasteiger partial charge in [0, 0.05) is 10.9 Å². The summed E-state index contributed by atoms with van der Waals surface area (Å²) in [5.41, 5.74) is -0.484. The third-order valence-electron chi connectivity index (χ3n) is 4.68. The molecule has 1 saturated carbocycles. The van der Waals surface area contributed by atoms with Crippen molar-refractivity contribution in [2.24, 2.45) is 5.41 Å². The SMILES string of the molecule is O=C1CC2(CCCC2)C(=O)N1C[C@H](O)COc1cccc(Br)c1. The summed E-state index contributed by atoms with van der Waals surface area (Å²) in [7, 11) is 0. The Morgan fingerprint density at radius 3 is 2.74 bits per heavy atom. The second-order valence-corrected chi connectivity index (χ2v) is 7.31. The molecule has 124 valence electrons. The molecule has 1 heterocycles. The maximum absolute atomic E-state index is 12.5. The van der Waals surface area contributed by atoms with Crippen LogP contribution < -0.4 is 4.74 Å². The van der Waals surface area contributed by atoms with Crippen molar-refractivity contribution in [2.75, 3.05) is 13.2 Å². The first kappa shape index (κ1) is 16.5. The monoisotopic (exact) mass is 381 g/mol. The summed E-state index contributed by atoms with van der Waals surface area (Å²) in [5.74, 6) is 0.352. The van der Waals surface area contributed by atoms with Gasteiger partial charge in [-0.3, -0.25) is 14.5 Å². The van der Waals surface area contributed by atoms with Crippen LogP contribution in [0.4, 0.5) is 0 Å². The fourth-order valence-corrected chi connectivity index (χ4v) is 3.88. The van der Waals surface area contributed by atoms with Gasteiger partial charge in [-0.05, 0) is 31.0 Å². The third kappa shape index (κ3) is 3.43. The molecule has 2 aliphatic rings. The van der Waals surface area contributed by atoms with Crippen LogP contribution in [0.3, 0.4) is 0 Å². The Hall–Kier alpha value is -1.40. The van der Waals surface area contributed by atoms with Gasteiger partial charge in [0.1, 0.15) is 18.5 Å². The summed E-state index contributed by atoms with van der Waals surface area (Å²) in [5, 5.41) is 10.1. The number of carbonyl (C=O) groups is 2. The van der Waals surface area contributed by atoms with Gasteiger partial charge in [-0.25, -0.2) is 0 Å². The van der Waals surface area contributed by atoms with Crippen LogP contribution in [0.25, 0.3) is 0 Å². The maximum Gasteiger partial charge on any atom is 0.235 e. The Balaban J connectivity index is 1.56. The van der Waals surface area contributed by atoms with E-state index in [0.29, 0.717) is 12.2 Å². The summed E-state index contributed by atoms with van der Waals surface area (Å²) >= 11 is 3.35. The van der Waals surface area contributed by atoms with Gasteiger partial charge in [0.15, 0.2) is 0 Å². The summed E-state index contributed by atoms with van der Waals surface area (Å²) in [6.45, 7) is 0.0495. The summed E-state index contributed by atoms with van der Waals surface area (Å²) < 4.78 is 6.40. The highest BCUT2D eigenvalue weighted by Crippen LogP contribution is 2.46. The van der Waals surface area contributed by atoms with Crippen LogP contribution in [-0.2, 0) is 9.59 Å². The van der Waals surface area contributed by atoms with E-state index in [1.54, 1.807) is 12.1 Å². The number of ether oxygens (including phenoxy) is 1. The number of hydrogen-bond acceptors (Lipinski definition) is 4. The molecular weight excluding hydrogens is 362 g/mol. The molecular formula is C17H20BrNO4. The number of β-amino-alcohol motifs (C(OH)–C–C–N with tert-alkyl or cyclic N) is 1.